The zero-order valence-electron chi connectivity index (χ0n) is 12.9. The van der Waals surface area contributed by atoms with Crippen molar-refractivity contribution < 1.29 is 19.4 Å². The van der Waals surface area contributed by atoms with E-state index in [1.165, 1.54) is 5.56 Å². The van der Waals surface area contributed by atoms with E-state index in [0.29, 0.717) is 18.5 Å². The van der Waals surface area contributed by atoms with E-state index in [0.717, 1.165) is 25.7 Å². The molecule has 0 saturated heterocycles. The maximum absolute atomic E-state index is 11.9. The van der Waals surface area contributed by atoms with Crippen molar-refractivity contribution in [1.29, 1.82) is 0 Å². The lowest BCUT2D eigenvalue weighted by molar-refractivity contribution is -0.170. The Morgan fingerprint density at radius 3 is 2.41 bits per heavy atom. The summed E-state index contributed by atoms with van der Waals surface area (Å²) in [4.78, 5) is 23.7. The van der Waals surface area contributed by atoms with Gasteiger partial charge in [0.2, 0.25) is 0 Å². The third kappa shape index (κ3) is 4.31. The molecule has 0 bridgehead atoms. The predicted molar refractivity (Wildman–Crippen MR) is 83.4 cm³/mol. The number of nitrogens with one attached hydrogen (secondary N) is 1. The number of benzene rings is 1. The van der Waals surface area contributed by atoms with Gasteiger partial charge in [-0.1, -0.05) is 25.5 Å². The lowest BCUT2D eigenvalue weighted by atomic mass is 9.85. The molecular formula is C17H23NO4. The van der Waals surface area contributed by atoms with Gasteiger partial charge in [0.1, 0.15) is 0 Å². The van der Waals surface area contributed by atoms with E-state index in [1.807, 2.05) is 24.3 Å². The summed E-state index contributed by atoms with van der Waals surface area (Å²) in [5, 5.41) is 12.9. The smallest absolute Gasteiger partial charge is 0.338 e. The summed E-state index contributed by atoms with van der Waals surface area (Å²) in [6, 6.07) is 7.50. The van der Waals surface area contributed by atoms with Gasteiger partial charge in [0.05, 0.1) is 0 Å². The van der Waals surface area contributed by atoms with Crippen molar-refractivity contribution >= 4 is 17.6 Å². The number of anilines is 1. The standard InChI is InChI=1S/C17H23NO4/c1-2-13-6-8-14(9-7-13)18-15(19)12-22-16(20)17(21)10-4-3-5-11-17/h6-9,21H,2-5,10-12H2,1H3,(H,18,19). The van der Waals surface area contributed by atoms with E-state index in [1.54, 1.807) is 0 Å². The molecule has 1 fully saturated rings. The van der Waals surface area contributed by atoms with Crippen LogP contribution in [-0.4, -0.2) is 29.2 Å². The lowest BCUT2D eigenvalue weighted by Gasteiger charge is -2.29. The summed E-state index contributed by atoms with van der Waals surface area (Å²) in [5.74, 6) is -1.10. The first-order valence-corrected chi connectivity index (χ1v) is 7.82. The maximum atomic E-state index is 11.9. The summed E-state index contributed by atoms with van der Waals surface area (Å²) in [5.41, 5.74) is 0.431. The van der Waals surface area contributed by atoms with Crippen LogP contribution in [0.25, 0.3) is 0 Å². The van der Waals surface area contributed by atoms with Gasteiger partial charge in [-0.2, -0.15) is 0 Å². The number of hydrogen-bond donors (Lipinski definition) is 2. The van der Waals surface area contributed by atoms with Crippen LogP contribution in [0.5, 0.6) is 0 Å². The molecule has 5 heteroatoms. The highest BCUT2D eigenvalue weighted by molar-refractivity contribution is 5.93. The minimum Gasteiger partial charge on any atom is -0.453 e. The van der Waals surface area contributed by atoms with Crippen LogP contribution in [-0.2, 0) is 20.7 Å². The molecule has 0 aliphatic heterocycles. The minimum absolute atomic E-state index is 0.378. The Morgan fingerprint density at radius 2 is 1.82 bits per heavy atom. The zero-order valence-corrected chi connectivity index (χ0v) is 12.9. The molecule has 0 unspecified atom stereocenters. The molecule has 120 valence electrons. The van der Waals surface area contributed by atoms with Gasteiger partial charge in [0, 0.05) is 5.69 Å². The summed E-state index contributed by atoms with van der Waals surface area (Å²) >= 11 is 0. The summed E-state index contributed by atoms with van der Waals surface area (Å²) in [6.07, 6.45) is 4.38. The number of carbonyl (C=O) groups excluding carboxylic acids is 2. The molecule has 22 heavy (non-hydrogen) atoms. The van der Waals surface area contributed by atoms with Crippen molar-refractivity contribution in [1.82, 2.24) is 0 Å². The van der Waals surface area contributed by atoms with Crippen LogP contribution in [0.3, 0.4) is 0 Å². The average molecular weight is 305 g/mol. The molecule has 1 amide bonds. The second-order valence-corrected chi connectivity index (χ2v) is 5.77. The van der Waals surface area contributed by atoms with Gasteiger partial charge in [0.15, 0.2) is 12.2 Å². The van der Waals surface area contributed by atoms with Crippen molar-refractivity contribution in [2.75, 3.05) is 11.9 Å². The van der Waals surface area contributed by atoms with E-state index < -0.39 is 17.5 Å². The largest absolute Gasteiger partial charge is 0.453 e. The topological polar surface area (TPSA) is 75.6 Å². The number of ether oxygens (including phenoxy) is 1. The van der Waals surface area contributed by atoms with E-state index in [-0.39, 0.29) is 6.61 Å². The number of hydrogen-bond acceptors (Lipinski definition) is 4. The fourth-order valence-corrected chi connectivity index (χ4v) is 2.63. The van der Waals surface area contributed by atoms with Crippen molar-refractivity contribution in [3.8, 4) is 0 Å². The molecule has 1 aliphatic rings. The van der Waals surface area contributed by atoms with Crippen LogP contribution in [0.4, 0.5) is 5.69 Å². The Labute approximate surface area is 130 Å². The van der Waals surface area contributed by atoms with Crippen LogP contribution in [0.2, 0.25) is 0 Å². The Balaban J connectivity index is 1.80. The van der Waals surface area contributed by atoms with Crippen LogP contribution in [0, 0.1) is 0 Å². The Bertz CT molecular complexity index is 518. The molecule has 0 radical (unpaired) electrons. The Morgan fingerprint density at radius 1 is 1.18 bits per heavy atom. The average Bonchev–Trinajstić information content (AvgIpc) is 2.54. The first-order valence-electron chi connectivity index (χ1n) is 7.82. The van der Waals surface area contributed by atoms with Gasteiger partial charge < -0.3 is 15.2 Å². The normalized spacial score (nSPS) is 16.8. The quantitative estimate of drug-likeness (QED) is 0.819. The fraction of sp³-hybridized carbons (Fsp3) is 0.529. The Kier molecular flexibility index (Phi) is 5.55. The van der Waals surface area contributed by atoms with Gasteiger partial charge in [-0.05, 0) is 49.8 Å². The highest BCUT2D eigenvalue weighted by Gasteiger charge is 2.38. The predicted octanol–water partition coefficient (Wildman–Crippen LogP) is 2.43. The summed E-state index contributed by atoms with van der Waals surface area (Å²) < 4.78 is 4.96. The first-order chi connectivity index (χ1) is 10.5. The fourth-order valence-electron chi connectivity index (χ4n) is 2.63. The third-order valence-electron chi connectivity index (χ3n) is 4.04. The SMILES string of the molecule is CCc1ccc(NC(=O)COC(=O)C2(O)CCCCC2)cc1. The van der Waals surface area contributed by atoms with E-state index in [4.69, 9.17) is 4.74 Å². The van der Waals surface area contributed by atoms with Gasteiger partial charge in [-0.3, -0.25) is 4.79 Å². The molecule has 0 aromatic heterocycles. The first kappa shape index (κ1) is 16.5. The van der Waals surface area contributed by atoms with E-state index >= 15 is 0 Å². The molecule has 1 saturated carbocycles. The third-order valence-corrected chi connectivity index (χ3v) is 4.04. The number of aryl methyl sites for hydroxylation is 1. The highest BCUT2D eigenvalue weighted by atomic mass is 16.6. The van der Waals surface area contributed by atoms with Gasteiger partial charge in [-0.25, -0.2) is 4.79 Å². The van der Waals surface area contributed by atoms with E-state index in [2.05, 4.69) is 12.2 Å². The monoisotopic (exact) mass is 305 g/mol. The van der Waals surface area contributed by atoms with Crippen molar-refractivity contribution in [3.63, 3.8) is 0 Å². The zero-order chi connectivity index (χ0) is 16.0. The van der Waals surface area contributed by atoms with Crippen LogP contribution >= 0.6 is 0 Å². The van der Waals surface area contributed by atoms with Crippen LogP contribution in [0.1, 0.15) is 44.6 Å². The van der Waals surface area contributed by atoms with Crippen LogP contribution in [0.15, 0.2) is 24.3 Å². The molecule has 2 rings (SSSR count). The van der Waals surface area contributed by atoms with Gasteiger partial charge in [-0.15, -0.1) is 0 Å². The molecular weight excluding hydrogens is 282 g/mol. The van der Waals surface area contributed by atoms with Crippen molar-refractivity contribution in [2.24, 2.45) is 0 Å². The molecule has 0 spiro atoms. The van der Waals surface area contributed by atoms with Crippen molar-refractivity contribution in [2.45, 2.75) is 51.0 Å². The molecule has 5 nitrogen and oxygen atoms in total. The van der Waals surface area contributed by atoms with Gasteiger partial charge in [0.25, 0.3) is 5.91 Å². The summed E-state index contributed by atoms with van der Waals surface area (Å²) in [6.45, 7) is 1.68. The Hall–Kier alpha value is -1.88. The maximum Gasteiger partial charge on any atom is 0.338 e. The molecule has 1 aromatic carbocycles. The van der Waals surface area contributed by atoms with Crippen molar-refractivity contribution in [3.05, 3.63) is 29.8 Å². The van der Waals surface area contributed by atoms with Crippen LogP contribution < -0.4 is 5.32 Å². The molecule has 2 N–H and O–H groups in total. The number of amides is 1. The number of aliphatic hydroxyl groups is 1. The highest BCUT2D eigenvalue weighted by Crippen LogP contribution is 2.29. The number of rotatable bonds is 5. The second kappa shape index (κ2) is 7.40. The molecule has 1 aliphatic carbocycles. The van der Waals surface area contributed by atoms with E-state index in [9.17, 15) is 14.7 Å². The van der Waals surface area contributed by atoms with Gasteiger partial charge >= 0.3 is 5.97 Å². The second-order valence-electron chi connectivity index (χ2n) is 5.77. The number of carbonyl (C=O) groups is 2. The molecule has 1 aromatic rings. The lowest BCUT2D eigenvalue weighted by Crippen LogP contribution is -2.42. The molecule has 0 heterocycles. The molecule has 0 atom stereocenters. The number of esters is 1. The minimum atomic E-state index is -1.42. The summed E-state index contributed by atoms with van der Waals surface area (Å²) in [7, 11) is 0.